The molecule has 84 valence electrons. The van der Waals surface area contributed by atoms with Gasteiger partial charge in [-0.25, -0.2) is 0 Å². The molecule has 0 amide bonds. The van der Waals surface area contributed by atoms with Gasteiger partial charge in [0.05, 0.1) is 0 Å². The molecule has 2 unspecified atom stereocenters. The minimum absolute atomic E-state index is 0.0895. The Morgan fingerprint density at radius 2 is 2.38 bits per heavy atom. The minimum atomic E-state index is -0.0895. The summed E-state index contributed by atoms with van der Waals surface area (Å²) in [6.07, 6.45) is 5.02. The van der Waals surface area contributed by atoms with E-state index in [1.165, 1.54) is 0 Å². The lowest BCUT2D eigenvalue weighted by Crippen LogP contribution is -2.40. The summed E-state index contributed by atoms with van der Waals surface area (Å²) in [6.45, 7) is 2.16. The second-order valence-corrected chi connectivity index (χ2v) is 4.73. The Bertz CT molecular complexity index is 520. The second-order valence-electron chi connectivity index (χ2n) is 4.73. The molecule has 1 aliphatic carbocycles. The van der Waals surface area contributed by atoms with Crippen LogP contribution >= 0.6 is 0 Å². The highest BCUT2D eigenvalue weighted by Crippen LogP contribution is 2.38. The van der Waals surface area contributed by atoms with Gasteiger partial charge in [-0.1, -0.05) is 13.3 Å². The topological polar surface area (TPSA) is 69.1 Å². The highest BCUT2D eigenvalue weighted by Gasteiger charge is 2.41. The van der Waals surface area contributed by atoms with Crippen molar-refractivity contribution in [3.63, 3.8) is 0 Å². The zero-order valence-electron chi connectivity index (χ0n) is 9.30. The first kappa shape index (κ1) is 9.72. The summed E-state index contributed by atoms with van der Waals surface area (Å²) in [6, 6.07) is 3.93. The van der Waals surface area contributed by atoms with Gasteiger partial charge in [-0.15, -0.1) is 10.2 Å². The lowest BCUT2D eigenvalue weighted by Gasteiger charge is -2.26. The minimum Gasteiger partial charge on any atom is -0.327 e. The van der Waals surface area contributed by atoms with E-state index in [4.69, 9.17) is 5.73 Å². The van der Waals surface area contributed by atoms with E-state index >= 15 is 0 Å². The number of nitrogens with zero attached hydrogens (tertiary/aromatic N) is 4. The zero-order valence-corrected chi connectivity index (χ0v) is 9.30. The molecule has 2 atom stereocenters. The number of rotatable bonds is 1. The largest absolute Gasteiger partial charge is 0.327 e. The average molecular weight is 217 g/mol. The van der Waals surface area contributed by atoms with Crippen molar-refractivity contribution >= 4 is 5.65 Å². The van der Waals surface area contributed by atoms with Gasteiger partial charge in [-0.3, -0.25) is 0 Å². The molecular weight excluding hydrogens is 202 g/mol. The summed E-state index contributed by atoms with van der Waals surface area (Å²) in [5.41, 5.74) is 6.89. The monoisotopic (exact) mass is 217 g/mol. The standard InChI is InChI=1S/C11H15N5/c1-11(6-2-4-8(11)12)10-15-14-9-5-3-7-13-16(9)10/h3,5,7-8H,2,4,6,12H2,1H3. The highest BCUT2D eigenvalue weighted by molar-refractivity contribution is 5.36. The first-order valence-electron chi connectivity index (χ1n) is 5.64. The molecule has 0 aliphatic heterocycles. The van der Waals surface area contributed by atoms with Crippen LogP contribution in [-0.2, 0) is 5.41 Å². The van der Waals surface area contributed by atoms with E-state index in [0.29, 0.717) is 0 Å². The van der Waals surface area contributed by atoms with Crippen LogP contribution < -0.4 is 5.73 Å². The van der Waals surface area contributed by atoms with Gasteiger partial charge in [0.1, 0.15) is 0 Å². The van der Waals surface area contributed by atoms with E-state index in [2.05, 4.69) is 22.2 Å². The van der Waals surface area contributed by atoms with Crippen molar-refractivity contribution in [3.8, 4) is 0 Å². The molecule has 0 saturated heterocycles. The van der Waals surface area contributed by atoms with Crippen LogP contribution in [0.1, 0.15) is 32.0 Å². The van der Waals surface area contributed by atoms with Gasteiger partial charge < -0.3 is 5.73 Å². The van der Waals surface area contributed by atoms with Crippen LogP contribution in [0, 0.1) is 0 Å². The normalized spacial score (nSPS) is 30.0. The van der Waals surface area contributed by atoms with Gasteiger partial charge in [-0.2, -0.15) is 9.61 Å². The molecule has 2 aromatic heterocycles. The maximum absolute atomic E-state index is 6.19. The van der Waals surface area contributed by atoms with Crippen molar-refractivity contribution in [1.82, 2.24) is 19.8 Å². The van der Waals surface area contributed by atoms with Crippen LogP contribution in [0.4, 0.5) is 0 Å². The summed E-state index contributed by atoms with van der Waals surface area (Å²) in [7, 11) is 0. The SMILES string of the molecule is CC1(c2nnc3cccnn23)CCCC1N. The number of aromatic nitrogens is 4. The maximum atomic E-state index is 6.19. The van der Waals surface area contributed by atoms with Crippen LogP contribution in [-0.4, -0.2) is 25.9 Å². The van der Waals surface area contributed by atoms with E-state index < -0.39 is 0 Å². The fourth-order valence-electron chi connectivity index (χ4n) is 2.57. The van der Waals surface area contributed by atoms with E-state index in [9.17, 15) is 0 Å². The third-order valence-corrected chi connectivity index (χ3v) is 3.72. The third kappa shape index (κ3) is 1.18. The van der Waals surface area contributed by atoms with E-state index in [-0.39, 0.29) is 11.5 Å². The quantitative estimate of drug-likeness (QED) is 0.770. The van der Waals surface area contributed by atoms with E-state index in [0.717, 1.165) is 30.7 Å². The predicted octanol–water partition coefficient (Wildman–Crippen LogP) is 0.893. The molecule has 0 bridgehead atoms. The number of fused-ring (bicyclic) bond motifs is 1. The first-order valence-corrected chi connectivity index (χ1v) is 5.64. The average Bonchev–Trinajstić information content (AvgIpc) is 2.85. The van der Waals surface area contributed by atoms with Crippen molar-refractivity contribution in [3.05, 3.63) is 24.2 Å². The molecule has 16 heavy (non-hydrogen) atoms. The Morgan fingerprint density at radius 1 is 1.50 bits per heavy atom. The van der Waals surface area contributed by atoms with Crippen LogP contribution in [0.5, 0.6) is 0 Å². The lowest BCUT2D eigenvalue weighted by atomic mass is 9.84. The Labute approximate surface area is 93.7 Å². The molecule has 5 nitrogen and oxygen atoms in total. The molecule has 2 aromatic rings. The summed E-state index contributed by atoms with van der Waals surface area (Å²) in [5, 5.41) is 12.7. The van der Waals surface area contributed by atoms with Crippen molar-refractivity contribution in [2.45, 2.75) is 37.6 Å². The van der Waals surface area contributed by atoms with Crippen LogP contribution in [0.15, 0.2) is 18.3 Å². The summed E-state index contributed by atoms with van der Waals surface area (Å²) in [4.78, 5) is 0. The van der Waals surface area contributed by atoms with Crippen LogP contribution in [0.2, 0.25) is 0 Å². The maximum Gasteiger partial charge on any atom is 0.177 e. The van der Waals surface area contributed by atoms with Crippen LogP contribution in [0.25, 0.3) is 5.65 Å². The molecule has 1 fully saturated rings. The molecule has 2 heterocycles. The Kier molecular flexibility index (Phi) is 1.97. The fourth-order valence-corrected chi connectivity index (χ4v) is 2.57. The van der Waals surface area contributed by atoms with Crippen LogP contribution in [0.3, 0.4) is 0 Å². The summed E-state index contributed by atoms with van der Waals surface area (Å²) in [5.74, 6) is 0.896. The third-order valence-electron chi connectivity index (χ3n) is 3.72. The number of hydrogen-bond acceptors (Lipinski definition) is 4. The van der Waals surface area contributed by atoms with Gasteiger partial charge in [0.15, 0.2) is 11.5 Å². The second kappa shape index (κ2) is 3.25. The van der Waals surface area contributed by atoms with E-state index in [1.807, 2.05) is 16.6 Å². The first-order chi connectivity index (χ1) is 7.72. The molecule has 3 rings (SSSR count). The molecule has 1 saturated carbocycles. The highest BCUT2D eigenvalue weighted by atomic mass is 15.4. The van der Waals surface area contributed by atoms with Crippen molar-refractivity contribution in [1.29, 1.82) is 0 Å². The van der Waals surface area contributed by atoms with Crippen molar-refractivity contribution < 1.29 is 0 Å². The Hall–Kier alpha value is -1.49. The molecule has 0 spiro atoms. The van der Waals surface area contributed by atoms with E-state index in [1.54, 1.807) is 6.20 Å². The Morgan fingerprint density at radius 3 is 3.12 bits per heavy atom. The Balaban J connectivity index is 2.19. The van der Waals surface area contributed by atoms with Gasteiger partial charge in [0, 0.05) is 17.7 Å². The zero-order chi connectivity index (χ0) is 11.2. The molecule has 0 radical (unpaired) electrons. The predicted molar refractivity (Wildman–Crippen MR) is 60.0 cm³/mol. The molecule has 2 N–H and O–H groups in total. The van der Waals surface area contributed by atoms with Gasteiger partial charge in [0.2, 0.25) is 0 Å². The molecule has 0 aromatic carbocycles. The summed E-state index contributed by atoms with van der Waals surface area (Å²) < 4.78 is 1.81. The lowest BCUT2D eigenvalue weighted by molar-refractivity contribution is 0.395. The fraction of sp³-hybridized carbons (Fsp3) is 0.545. The smallest absolute Gasteiger partial charge is 0.177 e. The van der Waals surface area contributed by atoms with Gasteiger partial charge >= 0.3 is 0 Å². The molecule has 1 aliphatic rings. The van der Waals surface area contributed by atoms with Gasteiger partial charge in [-0.05, 0) is 25.0 Å². The van der Waals surface area contributed by atoms with Crippen molar-refractivity contribution in [2.75, 3.05) is 0 Å². The molecular formula is C11H15N5. The number of hydrogen-bond donors (Lipinski definition) is 1. The summed E-state index contributed by atoms with van der Waals surface area (Å²) >= 11 is 0. The molecule has 5 heteroatoms. The number of nitrogens with two attached hydrogens (primary N) is 1. The van der Waals surface area contributed by atoms with Gasteiger partial charge in [0.25, 0.3) is 0 Å². The van der Waals surface area contributed by atoms with Crippen molar-refractivity contribution in [2.24, 2.45) is 5.73 Å².